The number of thioether (sulfide) groups is 1. The SMILES string of the molecule is Cn1c(SCC(=O)N2CCC[C@@H](C(N)=O)C2)nnc1-c1ccc(C(C)(C)C)cc1. The van der Waals surface area contributed by atoms with Crippen LogP contribution in [0.3, 0.4) is 0 Å². The number of rotatable bonds is 5. The standard InChI is InChI=1S/C21H29N5O2S/c1-21(2,3)16-9-7-14(8-10-16)19-23-24-20(25(19)4)29-13-17(27)26-11-5-6-15(12-26)18(22)28/h7-10,15H,5-6,11-13H2,1-4H3,(H2,22,28)/t15-/m1/s1. The van der Waals surface area contributed by atoms with E-state index in [4.69, 9.17) is 5.73 Å². The van der Waals surface area contributed by atoms with Gasteiger partial charge in [0, 0.05) is 25.7 Å². The number of likely N-dealkylation sites (tertiary alicyclic amines) is 1. The molecule has 1 aromatic heterocycles. The third kappa shape index (κ3) is 4.98. The second-order valence-electron chi connectivity index (χ2n) is 8.56. The molecule has 2 heterocycles. The lowest BCUT2D eigenvalue weighted by atomic mass is 9.87. The van der Waals surface area contributed by atoms with Crippen LogP contribution in [0.4, 0.5) is 0 Å². The third-order valence-electron chi connectivity index (χ3n) is 5.35. The van der Waals surface area contributed by atoms with Crippen molar-refractivity contribution in [2.45, 2.75) is 44.2 Å². The number of nitrogens with zero attached hydrogens (tertiary/aromatic N) is 4. The summed E-state index contributed by atoms with van der Waals surface area (Å²) in [6.07, 6.45) is 1.57. The number of primary amides is 1. The van der Waals surface area contributed by atoms with Crippen molar-refractivity contribution in [2.75, 3.05) is 18.8 Å². The number of amides is 2. The lowest BCUT2D eigenvalue weighted by molar-refractivity contribution is -0.132. The molecule has 8 heteroatoms. The summed E-state index contributed by atoms with van der Waals surface area (Å²) in [6.45, 7) is 7.64. The number of nitrogens with two attached hydrogens (primary N) is 1. The molecular weight excluding hydrogens is 386 g/mol. The van der Waals surface area contributed by atoms with Crippen LogP contribution in [0.25, 0.3) is 11.4 Å². The Hall–Kier alpha value is -2.35. The van der Waals surface area contributed by atoms with Crippen LogP contribution >= 0.6 is 11.8 Å². The molecule has 1 aliphatic heterocycles. The van der Waals surface area contributed by atoms with E-state index >= 15 is 0 Å². The van der Waals surface area contributed by atoms with Crippen molar-refractivity contribution in [2.24, 2.45) is 18.7 Å². The highest BCUT2D eigenvalue weighted by Crippen LogP contribution is 2.27. The minimum absolute atomic E-state index is 0.0000279. The highest BCUT2D eigenvalue weighted by Gasteiger charge is 2.27. The number of hydrogen-bond donors (Lipinski definition) is 1. The fourth-order valence-corrected chi connectivity index (χ4v) is 4.28. The Morgan fingerprint density at radius 3 is 2.52 bits per heavy atom. The molecule has 7 nitrogen and oxygen atoms in total. The maximum absolute atomic E-state index is 12.6. The van der Waals surface area contributed by atoms with Crippen molar-refractivity contribution >= 4 is 23.6 Å². The van der Waals surface area contributed by atoms with Crippen molar-refractivity contribution < 1.29 is 9.59 Å². The van der Waals surface area contributed by atoms with Gasteiger partial charge in [-0.1, -0.05) is 56.8 Å². The average molecular weight is 416 g/mol. The highest BCUT2D eigenvalue weighted by atomic mass is 32.2. The summed E-state index contributed by atoms with van der Waals surface area (Å²) in [5.41, 5.74) is 7.76. The van der Waals surface area contributed by atoms with Crippen LogP contribution in [0, 0.1) is 5.92 Å². The van der Waals surface area contributed by atoms with E-state index in [1.807, 2.05) is 11.6 Å². The van der Waals surface area contributed by atoms with Gasteiger partial charge in [-0.15, -0.1) is 10.2 Å². The van der Waals surface area contributed by atoms with Gasteiger partial charge in [-0.05, 0) is 23.8 Å². The van der Waals surface area contributed by atoms with Gasteiger partial charge in [0.25, 0.3) is 0 Å². The summed E-state index contributed by atoms with van der Waals surface area (Å²) < 4.78 is 1.91. The number of aromatic nitrogens is 3. The van der Waals surface area contributed by atoms with E-state index in [1.54, 1.807) is 4.90 Å². The fourth-order valence-electron chi connectivity index (χ4n) is 3.46. The topological polar surface area (TPSA) is 94.1 Å². The molecule has 1 aliphatic rings. The Morgan fingerprint density at radius 2 is 1.90 bits per heavy atom. The first-order chi connectivity index (χ1) is 13.7. The number of carbonyl (C=O) groups excluding carboxylic acids is 2. The summed E-state index contributed by atoms with van der Waals surface area (Å²) in [5, 5.41) is 9.26. The molecular formula is C21H29N5O2S. The Kier molecular flexibility index (Phi) is 6.31. The van der Waals surface area contributed by atoms with Crippen LogP contribution in [-0.4, -0.2) is 50.3 Å². The molecule has 1 aromatic carbocycles. The maximum atomic E-state index is 12.6. The van der Waals surface area contributed by atoms with Gasteiger partial charge in [-0.3, -0.25) is 9.59 Å². The minimum atomic E-state index is -0.328. The molecule has 29 heavy (non-hydrogen) atoms. The van der Waals surface area contributed by atoms with Crippen molar-refractivity contribution in [1.82, 2.24) is 19.7 Å². The normalized spacial score (nSPS) is 17.4. The molecule has 0 radical (unpaired) electrons. The Balaban J connectivity index is 1.64. The summed E-state index contributed by atoms with van der Waals surface area (Å²) >= 11 is 1.36. The van der Waals surface area contributed by atoms with Crippen LogP contribution in [0.1, 0.15) is 39.2 Å². The molecule has 3 rings (SSSR count). The predicted octanol–water partition coefficient (Wildman–Crippen LogP) is 2.60. The van der Waals surface area contributed by atoms with Gasteiger partial charge in [-0.2, -0.15) is 0 Å². The fraction of sp³-hybridized carbons (Fsp3) is 0.524. The van der Waals surface area contributed by atoms with Crippen LogP contribution in [0.2, 0.25) is 0 Å². The smallest absolute Gasteiger partial charge is 0.233 e. The maximum Gasteiger partial charge on any atom is 0.233 e. The lowest BCUT2D eigenvalue weighted by Gasteiger charge is -2.31. The molecule has 1 saturated heterocycles. The highest BCUT2D eigenvalue weighted by molar-refractivity contribution is 7.99. The summed E-state index contributed by atoms with van der Waals surface area (Å²) in [4.78, 5) is 25.7. The van der Waals surface area contributed by atoms with E-state index in [9.17, 15) is 9.59 Å². The van der Waals surface area contributed by atoms with Gasteiger partial charge in [-0.25, -0.2) is 0 Å². The van der Waals surface area contributed by atoms with Gasteiger partial charge in [0.1, 0.15) is 0 Å². The quantitative estimate of drug-likeness (QED) is 0.758. The van der Waals surface area contributed by atoms with E-state index in [0.29, 0.717) is 18.2 Å². The summed E-state index contributed by atoms with van der Waals surface area (Å²) in [5.74, 6) is 0.466. The molecule has 0 spiro atoms. The van der Waals surface area contributed by atoms with Crippen molar-refractivity contribution in [3.63, 3.8) is 0 Å². The number of benzene rings is 1. The Labute approximate surface area is 176 Å². The predicted molar refractivity (Wildman–Crippen MR) is 114 cm³/mol. The van der Waals surface area contributed by atoms with Gasteiger partial charge >= 0.3 is 0 Å². The zero-order valence-corrected chi connectivity index (χ0v) is 18.3. The molecule has 2 amide bonds. The molecule has 2 N–H and O–H groups in total. The molecule has 0 saturated carbocycles. The van der Waals surface area contributed by atoms with Gasteiger partial charge in [0.15, 0.2) is 11.0 Å². The Morgan fingerprint density at radius 1 is 1.21 bits per heavy atom. The molecule has 0 bridgehead atoms. The number of piperidine rings is 1. The molecule has 0 aliphatic carbocycles. The zero-order valence-electron chi connectivity index (χ0n) is 17.5. The average Bonchev–Trinajstić information content (AvgIpc) is 3.06. The first-order valence-corrected chi connectivity index (χ1v) is 10.9. The monoisotopic (exact) mass is 415 g/mol. The van der Waals surface area contributed by atoms with Crippen molar-refractivity contribution in [3.05, 3.63) is 29.8 Å². The van der Waals surface area contributed by atoms with E-state index in [-0.39, 0.29) is 28.9 Å². The molecule has 156 valence electrons. The van der Waals surface area contributed by atoms with Crippen molar-refractivity contribution in [1.29, 1.82) is 0 Å². The molecule has 0 unspecified atom stereocenters. The van der Waals surface area contributed by atoms with Gasteiger partial charge < -0.3 is 15.2 Å². The zero-order chi connectivity index (χ0) is 21.2. The van der Waals surface area contributed by atoms with Gasteiger partial charge in [0.2, 0.25) is 11.8 Å². The number of carbonyl (C=O) groups is 2. The van der Waals surface area contributed by atoms with Crippen LogP contribution in [-0.2, 0) is 22.1 Å². The van der Waals surface area contributed by atoms with E-state index in [1.165, 1.54) is 17.3 Å². The second kappa shape index (κ2) is 8.57. The Bertz CT molecular complexity index is 885. The summed E-state index contributed by atoms with van der Waals surface area (Å²) in [7, 11) is 1.91. The first-order valence-electron chi connectivity index (χ1n) is 9.87. The van der Waals surface area contributed by atoms with Crippen molar-refractivity contribution in [3.8, 4) is 11.4 Å². The molecule has 1 atom stereocenters. The third-order valence-corrected chi connectivity index (χ3v) is 6.35. The van der Waals surface area contributed by atoms with Gasteiger partial charge in [0.05, 0.1) is 11.7 Å². The second-order valence-corrected chi connectivity index (χ2v) is 9.50. The number of hydrogen-bond acceptors (Lipinski definition) is 5. The minimum Gasteiger partial charge on any atom is -0.369 e. The lowest BCUT2D eigenvalue weighted by Crippen LogP contribution is -2.44. The van der Waals surface area contributed by atoms with E-state index < -0.39 is 0 Å². The van der Waals surface area contributed by atoms with Crippen LogP contribution < -0.4 is 5.73 Å². The van der Waals surface area contributed by atoms with E-state index in [2.05, 4.69) is 55.2 Å². The van der Waals surface area contributed by atoms with Crippen LogP contribution in [0.15, 0.2) is 29.4 Å². The summed E-state index contributed by atoms with van der Waals surface area (Å²) in [6, 6.07) is 8.35. The molecule has 1 fully saturated rings. The van der Waals surface area contributed by atoms with Crippen LogP contribution in [0.5, 0.6) is 0 Å². The molecule has 2 aromatic rings. The first kappa shape index (κ1) is 21.4. The van der Waals surface area contributed by atoms with E-state index in [0.717, 1.165) is 24.2 Å². The largest absolute Gasteiger partial charge is 0.369 e.